The van der Waals surface area contributed by atoms with E-state index in [-0.39, 0.29) is 17.2 Å². The third kappa shape index (κ3) is 5.14. The molecular formula is C25H27N5O3S. The van der Waals surface area contributed by atoms with Crippen molar-refractivity contribution < 1.29 is 9.53 Å². The molecule has 0 aliphatic rings. The fourth-order valence-electron chi connectivity index (χ4n) is 3.70. The molecule has 0 spiro atoms. The molecule has 0 fully saturated rings. The zero-order valence-corrected chi connectivity index (χ0v) is 20.3. The van der Waals surface area contributed by atoms with Crippen LogP contribution in [0.4, 0.5) is 0 Å². The summed E-state index contributed by atoms with van der Waals surface area (Å²) in [5.41, 5.74) is 3.48. The molecule has 34 heavy (non-hydrogen) atoms. The van der Waals surface area contributed by atoms with Gasteiger partial charge >= 0.3 is 0 Å². The molecule has 0 aliphatic heterocycles. The summed E-state index contributed by atoms with van der Waals surface area (Å²) in [6, 6.07) is 17.3. The zero-order chi connectivity index (χ0) is 24.1. The molecule has 176 valence electrons. The molecule has 0 atom stereocenters. The molecular weight excluding hydrogens is 450 g/mol. The van der Waals surface area contributed by atoms with Gasteiger partial charge in [-0.1, -0.05) is 54.2 Å². The van der Waals surface area contributed by atoms with Gasteiger partial charge in [0.2, 0.25) is 5.91 Å². The maximum atomic E-state index is 13.6. The van der Waals surface area contributed by atoms with Crippen LogP contribution < -0.4 is 15.6 Å². The molecule has 4 aromatic rings. The van der Waals surface area contributed by atoms with E-state index in [9.17, 15) is 9.59 Å². The van der Waals surface area contributed by atoms with Gasteiger partial charge in [0.1, 0.15) is 11.3 Å². The highest BCUT2D eigenvalue weighted by molar-refractivity contribution is 7.99. The second-order valence-electron chi connectivity index (χ2n) is 7.79. The number of carbonyl (C=O) groups excluding carboxylic acids is 1. The number of hydrogen-bond acceptors (Lipinski definition) is 6. The maximum Gasteiger partial charge on any atom is 0.280 e. The zero-order valence-electron chi connectivity index (χ0n) is 19.4. The lowest BCUT2D eigenvalue weighted by molar-refractivity contribution is -0.118. The lowest BCUT2D eigenvalue weighted by Crippen LogP contribution is -2.28. The van der Waals surface area contributed by atoms with E-state index in [4.69, 9.17) is 9.72 Å². The number of aromatic nitrogens is 4. The van der Waals surface area contributed by atoms with Crippen LogP contribution in [-0.2, 0) is 24.4 Å². The maximum absolute atomic E-state index is 13.6. The van der Waals surface area contributed by atoms with Crippen LogP contribution in [0.2, 0.25) is 0 Å². The molecule has 0 bridgehead atoms. The van der Waals surface area contributed by atoms with Crippen molar-refractivity contribution in [3.63, 3.8) is 0 Å². The van der Waals surface area contributed by atoms with Crippen LogP contribution in [0.15, 0.2) is 64.5 Å². The molecule has 1 N–H and O–H groups in total. The second kappa shape index (κ2) is 10.6. The summed E-state index contributed by atoms with van der Waals surface area (Å²) in [6.07, 6.45) is 0. The molecule has 0 unspecified atom stereocenters. The van der Waals surface area contributed by atoms with Crippen LogP contribution in [0.3, 0.4) is 0 Å². The van der Waals surface area contributed by atoms with Gasteiger partial charge in [0.25, 0.3) is 5.56 Å². The predicted molar refractivity (Wildman–Crippen MR) is 133 cm³/mol. The van der Waals surface area contributed by atoms with Gasteiger partial charge in [-0.05, 0) is 37.1 Å². The Kier molecular flexibility index (Phi) is 7.32. The number of aryl methyl sites for hydroxylation is 2. The Labute approximate surface area is 202 Å². The van der Waals surface area contributed by atoms with E-state index in [1.807, 2.05) is 68.4 Å². The molecule has 0 radical (unpaired) electrons. The fourth-order valence-corrected chi connectivity index (χ4v) is 4.52. The van der Waals surface area contributed by atoms with Gasteiger partial charge in [0.15, 0.2) is 10.7 Å². The first-order chi connectivity index (χ1) is 16.5. The first-order valence-electron chi connectivity index (χ1n) is 11.0. The highest BCUT2D eigenvalue weighted by Gasteiger charge is 2.19. The van der Waals surface area contributed by atoms with E-state index in [2.05, 4.69) is 10.4 Å². The minimum atomic E-state index is -0.178. The lowest BCUT2D eigenvalue weighted by Gasteiger charge is -2.13. The van der Waals surface area contributed by atoms with Crippen LogP contribution in [0.1, 0.15) is 23.7 Å². The first kappa shape index (κ1) is 23.6. The van der Waals surface area contributed by atoms with Gasteiger partial charge in [-0.3, -0.25) is 18.8 Å². The van der Waals surface area contributed by atoms with Crippen LogP contribution in [0.5, 0.6) is 5.75 Å². The van der Waals surface area contributed by atoms with E-state index in [1.165, 1.54) is 11.8 Å². The molecule has 0 saturated carbocycles. The Morgan fingerprint density at radius 1 is 1.12 bits per heavy atom. The standard InChI is InChI=1S/C25H27N5O3S/c1-4-30-23-22(17(2)28-30)27-25(34-16-21(31)26-14-18-9-6-5-7-10-18)29(24(23)32)15-19-11-8-12-20(13-19)33-3/h5-13H,4,14-16H2,1-3H3,(H,26,31). The van der Waals surface area contributed by atoms with Crippen LogP contribution >= 0.6 is 11.8 Å². The predicted octanol–water partition coefficient (Wildman–Crippen LogP) is 3.39. The summed E-state index contributed by atoms with van der Waals surface area (Å²) in [5, 5.41) is 7.88. The summed E-state index contributed by atoms with van der Waals surface area (Å²) in [5.74, 6) is 0.727. The van der Waals surface area contributed by atoms with Gasteiger partial charge in [0.05, 0.1) is 25.1 Å². The van der Waals surface area contributed by atoms with Gasteiger partial charge in [-0.2, -0.15) is 5.10 Å². The van der Waals surface area contributed by atoms with Gasteiger partial charge in [-0.15, -0.1) is 0 Å². The Balaban J connectivity index is 1.63. The molecule has 9 heteroatoms. The average Bonchev–Trinajstić information content (AvgIpc) is 3.19. The number of nitrogens with one attached hydrogen (secondary N) is 1. The van der Waals surface area contributed by atoms with Crippen molar-refractivity contribution in [2.24, 2.45) is 0 Å². The Morgan fingerprint density at radius 3 is 2.62 bits per heavy atom. The molecule has 2 aromatic heterocycles. The number of amides is 1. The number of rotatable bonds is 9. The number of ether oxygens (including phenoxy) is 1. The summed E-state index contributed by atoms with van der Waals surface area (Å²) in [4.78, 5) is 30.9. The number of methoxy groups -OCH3 is 1. The third-order valence-corrected chi connectivity index (χ3v) is 6.40. The van der Waals surface area contributed by atoms with Gasteiger partial charge < -0.3 is 10.1 Å². The number of thioether (sulfide) groups is 1. The molecule has 2 aromatic carbocycles. The minimum Gasteiger partial charge on any atom is -0.497 e. The SMILES string of the molecule is CCn1nc(C)c2nc(SCC(=O)NCc3ccccc3)n(Cc3cccc(OC)c3)c(=O)c21. The van der Waals surface area contributed by atoms with E-state index in [0.29, 0.717) is 47.3 Å². The summed E-state index contributed by atoms with van der Waals surface area (Å²) < 4.78 is 8.62. The average molecular weight is 478 g/mol. The molecule has 0 saturated heterocycles. The van der Waals surface area contributed by atoms with Crippen molar-refractivity contribution in [2.45, 2.75) is 38.6 Å². The van der Waals surface area contributed by atoms with E-state index < -0.39 is 0 Å². The van der Waals surface area contributed by atoms with E-state index in [1.54, 1.807) is 16.4 Å². The molecule has 4 rings (SSSR count). The summed E-state index contributed by atoms with van der Waals surface area (Å²) >= 11 is 1.25. The summed E-state index contributed by atoms with van der Waals surface area (Å²) in [7, 11) is 1.61. The molecule has 2 heterocycles. The molecule has 1 amide bonds. The topological polar surface area (TPSA) is 91.0 Å². The first-order valence-corrected chi connectivity index (χ1v) is 12.0. The van der Waals surface area contributed by atoms with Crippen molar-refractivity contribution in [3.05, 3.63) is 81.8 Å². The Morgan fingerprint density at radius 2 is 1.88 bits per heavy atom. The van der Waals surface area contributed by atoms with Crippen molar-refractivity contribution >= 4 is 28.7 Å². The normalized spacial score (nSPS) is 11.0. The van der Waals surface area contributed by atoms with Crippen molar-refractivity contribution in [1.29, 1.82) is 0 Å². The highest BCUT2D eigenvalue weighted by Crippen LogP contribution is 2.22. The van der Waals surface area contributed by atoms with Crippen molar-refractivity contribution in [2.75, 3.05) is 12.9 Å². The lowest BCUT2D eigenvalue weighted by atomic mass is 10.2. The number of hydrogen-bond donors (Lipinski definition) is 1. The monoisotopic (exact) mass is 477 g/mol. The number of carbonyl (C=O) groups is 1. The van der Waals surface area contributed by atoms with Gasteiger partial charge in [-0.25, -0.2) is 4.98 Å². The number of fused-ring (bicyclic) bond motifs is 1. The van der Waals surface area contributed by atoms with E-state index >= 15 is 0 Å². The smallest absolute Gasteiger partial charge is 0.280 e. The van der Waals surface area contributed by atoms with Gasteiger partial charge in [0, 0.05) is 13.1 Å². The Hall–Kier alpha value is -3.59. The van der Waals surface area contributed by atoms with Crippen molar-refractivity contribution in [1.82, 2.24) is 24.6 Å². The number of nitrogens with zero attached hydrogens (tertiary/aromatic N) is 4. The quantitative estimate of drug-likeness (QED) is 0.294. The Bertz CT molecular complexity index is 1360. The third-order valence-electron chi connectivity index (χ3n) is 5.42. The number of benzene rings is 2. The van der Waals surface area contributed by atoms with Crippen LogP contribution in [0.25, 0.3) is 11.0 Å². The fraction of sp³-hybridized carbons (Fsp3) is 0.280. The van der Waals surface area contributed by atoms with E-state index in [0.717, 1.165) is 11.1 Å². The highest BCUT2D eigenvalue weighted by atomic mass is 32.2. The summed E-state index contributed by atoms with van der Waals surface area (Å²) in [6.45, 7) is 5.10. The minimum absolute atomic E-state index is 0.128. The molecule has 8 nitrogen and oxygen atoms in total. The molecule has 0 aliphatic carbocycles. The largest absolute Gasteiger partial charge is 0.497 e. The van der Waals surface area contributed by atoms with Crippen LogP contribution in [0, 0.1) is 6.92 Å². The second-order valence-corrected chi connectivity index (χ2v) is 8.73. The van der Waals surface area contributed by atoms with Crippen molar-refractivity contribution in [3.8, 4) is 5.75 Å². The van der Waals surface area contributed by atoms with Crippen LogP contribution in [-0.4, -0.2) is 38.1 Å².